The fraction of sp³-hybridized carbons (Fsp3) is 0.263. The van der Waals surface area contributed by atoms with E-state index in [9.17, 15) is 14.4 Å². The first-order chi connectivity index (χ1) is 12.5. The van der Waals surface area contributed by atoms with E-state index in [4.69, 9.17) is 0 Å². The maximum atomic E-state index is 12.0. The van der Waals surface area contributed by atoms with Crippen LogP contribution in [0.25, 0.3) is 11.0 Å². The van der Waals surface area contributed by atoms with E-state index >= 15 is 0 Å². The van der Waals surface area contributed by atoms with Crippen LogP contribution < -0.4 is 5.32 Å². The summed E-state index contributed by atoms with van der Waals surface area (Å²) in [6, 6.07) is 11.1. The number of aryl methyl sites for hydroxylation is 1. The van der Waals surface area contributed by atoms with Gasteiger partial charge in [-0.1, -0.05) is 12.1 Å². The van der Waals surface area contributed by atoms with Gasteiger partial charge in [-0.25, -0.2) is 4.98 Å². The van der Waals surface area contributed by atoms with E-state index in [2.05, 4.69) is 15.3 Å². The second-order valence-corrected chi connectivity index (χ2v) is 7.31. The fourth-order valence-corrected chi connectivity index (χ4v) is 3.38. The second-order valence-electron chi connectivity index (χ2n) is 6.02. The Balaban J connectivity index is 1.42. The van der Waals surface area contributed by atoms with Crippen LogP contribution >= 0.6 is 11.3 Å². The van der Waals surface area contributed by atoms with Crippen molar-refractivity contribution in [3.8, 4) is 0 Å². The third kappa shape index (κ3) is 4.64. The molecular formula is C19H19N3O3S. The predicted octanol–water partition coefficient (Wildman–Crippen LogP) is 3.88. The summed E-state index contributed by atoms with van der Waals surface area (Å²) in [5.74, 6) is -0.0286. The number of carbonyl (C=O) groups excluding carboxylic acids is 3. The Bertz CT molecular complexity index is 925. The zero-order valence-electron chi connectivity index (χ0n) is 14.4. The van der Waals surface area contributed by atoms with Crippen molar-refractivity contribution in [2.24, 2.45) is 0 Å². The number of thiophene rings is 1. The van der Waals surface area contributed by atoms with Crippen molar-refractivity contribution in [1.82, 2.24) is 9.97 Å². The Morgan fingerprint density at radius 1 is 1.04 bits per heavy atom. The van der Waals surface area contributed by atoms with E-state index in [1.54, 1.807) is 6.07 Å². The number of anilines is 1. The van der Waals surface area contributed by atoms with Crippen LogP contribution in [0, 0.1) is 6.92 Å². The molecule has 7 heteroatoms. The van der Waals surface area contributed by atoms with Crippen LogP contribution in [0.5, 0.6) is 0 Å². The number of nitrogens with zero attached hydrogens (tertiary/aromatic N) is 1. The topological polar surface area (TPSA) is 91.9 Å². The molecule has 0 fully saturated rings. The highest BCUT2D eigenvalue weighted by atomic mass is 32.1. The van der Waals surface area contributed by atoms with E-state index in [-0.39, 0.29) is 43.2 Å². The zero-order valence-corrected chi connectivity index (χ0v) is 15.2. The Morgan fingerprint density at radius 2 is 1.81 bits per heavy atom. The van der Waals surface area contributed by atoms with Crippen molar-refractivity contribution < 1.29 is 14.4 Å². The van der Waals surface area contributed by atoms with Gasteiger partial charge in [0.25, 0.3) is 0 Å². The van der Waals surface area contributed by atoms with Gasteiger partial charge in [-0.05, 0) is 31.2 Å². The molecule has 2 N–H and O–H groups in total. The van der Waals surface area contributed by atoms with E-state index in [1.807, 2.05) is 37.3 Å². The van der Waals surface area contributed by atoms with Crippen molar-refractivity contribution in [1.29, 1.82) is 0 Å². The van der Waals surface area contributed by atoms with Crippen LogP contribution in [-0.2, 0) is 9.59 Å². The number of H-pyrrole nitrogens is 1. The highest BCUT2D eigenvalue weighted by Gasteiger charge is 2.13. The van der Waals surface area contributed by atoms with Crippen molar-refractivity contribution in [2.45, 2.75) is 32.6 Å². The van der Waals surface area contributed by atoms with Gasteiger partial charge < -0.3 is 4.98 Å². The third-order valence-electron chi connectivity index (χ3n) is 3.92. The van der Waals surface area contributed by atoms with Gasteiger partial charge in [0.1, 0.15) is 5.78 Å². The molecule has 1 aromatic carbocycles. The van der Waals surface area contributed by atoms with Gasteiger partial charge in [0.05, 0.1) is 15.9 Å². The molecule has 0 unspecified atom stereocenters. The molecule has 134 valence electrons. The number of amides is 1. The SMILES string of the molecule is Cc1ccc(C(=O)CCC(=O)CCC(=O)Nc2nc3ccccc3[nH]2)s1. The number of aromatic amines is 1. The van der Waals surface area contributed by atoms with Crippen LogP contribution in [0.1, 0.15) is 40.2 Å². The number of benzene rings is 1. The van der Waals surface area contributed by atoms with Crippen LogP contribution in [0.15, 0.2) is 36.4 Å². The molecule has 3 rings (SSSR count). The smallest absolute Gasteiger partial charge is 0.227 e. The number of fused-ring (bicyclic) bond motifs is 1. The summed E-state index contributed by atoms with van der Waals surface area (Å²) in [7, 11) is 0. The van der Waals surface area contributed by atoms with Crippen molar-refractivity contribution >= 4 is 45.8 Å². The molecule has 0 radical (unpaired) electrons. The molecule has 0 atom stereocenters. The summed E-state index contributed by atoms with van der Waals surface area (Å²) in [5, 5.41) is 2.66. The van der Waals surface area contributed by atoms with Crippen molar-refractivity contribution in [3.63, 3.8) is 0 Å². The molecule has 2 heterocycles. The molecule has 0 aliphatic carbocycles. The first-order valence-corrected chi connectivity index (χ1v) is 9.19. The Morgan fingerprint density at radius 3 is 2.54 bits per heavy atom. The lowest BCUT2D eigenvalue weighted by atomic mass is 10.1. The van der Waals surface area contributed by atoms with Gasteiger partial charge >= 0.3 is 0 Å². The van der Waals surface area contributed by atoms with Crippen LogP contribution in [0.2, 0.25) is 0 Å². The standard InChI is InChI=1S/C19H19N3O3S/c1-12-6-10-17(26-12)16(24)9-7-13(23)8-11-18(25)22-19-20-14-4-2-3-5-15(14)21-19/h2-6,10H,7-9,11H2,1H3,(H2,20,21,22,25). The largest absolute Gasteiger partial charge is 0.324 e. The van der Waals surface area contributed by atoms with E-state index < -0.39 is 0 Å². The normalized spacial score (nSPS) is 10.8. The lowest BCUT2D eigenvalue weighted by Crippen LogP contribution is -2.14. The molecule has 0 aliphatic heterocycles. The van der Waals surface area contributed by atoms with E-state index in [1.165, 1.54) is 11.3 Å². The molecule has 6 nitrogen and oxygen atoms in total. The number of para-hydroxylation sites is 2. The van der Waals surface area contributed by atoms with Crippen LogP contribution in [0.3, 0.4) is 0 Å². The number of nitrogens with one attached hydrogen (secondary N) is 2. The number of imidazole rings is 1. The quantitative estimate of drug-likeness (QED) is 0.589. The van der Waals surface area contributed by atoms with Crippen LogP contribution in [-0.4, -0.2) is 27.4 Å². The summed E-state index contributed by atoms with van der Waals surface area (Å²) >= 11 is 1.43. The third-order valence-corrected chi connectivity index (χ3v) is 4.97. The fourth-order valence-electron chi connectivity index (χ4n) is 2.55. The zero-order chi connectivity index (χ0) is 18.5. The first-order valence-electron chi connectivity index (χ1n) is 8.37. The predicted molar refractivity (Wildman–Crippen MR) is 102 cm³/mol. The molecule has 26 heavy (non-hydrogen) atoms. The molecule has 0 aliphatic rings. The van der Waals surface area contributed by atoms with Gasteiger partial charge in [-0.15, -0.1) is 11.3 Å². The second kappa shape index (κ2) is 8.05. The highest BCUT2D eigenvalue weighted by molar-refractivity contribution is 7.14. The Hall–Kier alpha value is -2.80. The molecule has 3 aromatic rings. The highest BCUT2D eigenvalue weighted by Crippen LogP contribution is 2.18. The van der Waals surface area contributed by atoms with Gasteiger partial charge in [0.2, 0.25) is 11.9 Å². The molecule has 0 spiro atoms. The molecule has 2 aromatic heterocycles. The first kappa shape index (κ1) is 18.0. The minimum Gasteiger partial charge on any atom is -0.324 e. The average molecular weight is 369 g/mol. The number of hydrogen-bond donors (Lipinski definition) is 2. The maximum absolute atomic E-state index is 12.0. The average Bonchev–Trinajstić information content (AvgIpc) is 3.23. The van der Waals surface area contributed by atoms with Gasteiger partial charge in [0, 0.05) is 30.6 Å². The molecule has 0 saturated carbocycles. The summed E-state index contributed by atoms with van der Waals surface area (Å²) in [6.07, 6.45) is 0.530. The molecule has 0 saturated heterocycles. The monoisotopic (exact) mass is 369 g/mol. The lowest BCUT2D eigenvalue weighted by Gasteiger charge is -2.02. The van der Waals surface area contributed by atoms with Gasteiger partial charge in [-0.3, -0.25) is 19.7 Å². The number of rotatable bonds is 8. The van der Waals surface area contributed by atoms with Crippen molar-refractivity contribution in [2.75, 3.05) is 5.32 Å². The summed E-state index contributed by atoms with van der Waals surface area (Å²) < 4.78 is 0. The summed E-state index contributed by atoms with van der Waals surface area (Å²) in [4.78, 5) is 44.9. The lowest BCUT2D eigenvalue weighted by molar-refractivity contribution is -0.122. The number of aromatic nitrogens is 2. The summed E-state index contributed by atoms with van der Waals surface area (Å²) in [5.41, 5.74) is 1.60. The Kier molecular flexibility index (Phi) is 5.58. The summed E-state index contributed by atoms with van der Waals surface area (Å²) in [6.45, 7) is 1.94. The Labute approximate surface area is 154 Å². The van der Waals surface area contributed by atoms with E-state index in [0.29, 0.717) is 10.8 Å². The maximum Gasteiger partial charge on any atom is 0.227 e. The minimum absolute atomic E-state index is 0.0248. The number of Topliss-reactive ketones (excluding diaryl/α,β-unsaturated/α-hetero) is 2. The number of ketones is 2. The van der Waals surface area contributed by atoms with Gasteiger partial charge in [-0.2, -0.15) is 0 Å². The minimum atomic E-state index is -0.280. The van der Waals surface area contributed by atoms with Crippen molar-refractivity contribution in [3.05, 3.63) is 46.2 Å². The van der Waals surface area contributed by atoms with Gasteiger partial charge in [0.15, 0.2) is 5.78 Å². The molecule has 0 bridgehead atoms. The van der Waals surface area contributed by atoms with Crippen LogP contribution in [0.4, 0.5) is 5.95 Å². The number of hydrogen-bond acceptors (Lipinski definition) is 5. The molecular weight excluding hydrogens is 350 g/mol. The molecule has 1 amide bonds. The number of carbonyl (C=O) groups is 3. The van der Waals surface area contributed by atoms with E-state index in [0.717, 1.165) is 15.9 Å².